The Hall–Kier alpha value is -3.33. The van der Waals surface area contributed by atoms with Crippen molar-refractivity contribution >= 4 is 15.9 Å². The number of benzene rings is 1. The van der Waals surface area contributed by atoms with Gasteiger partial charge in [0.15, 0.2) is 5.03 Å². The molecule has 0 bridgehead atoms. The Morgan fingerprint density at radius 1 is 1.06 bits per heavy atom. The molecule has 0 saturated carbocycles. The first-order valence-electron chi connectivity index (χ1n) is 10.9. The molecule has 0 atom stereocenters. The minimum absolute atomic E-state index is 0.108. The van der Waals surface area contributed by atoms with Crippen molar-refractivity contribution in [1.29, 1.82) is 0 Å². The minimum Gasteiger partial charge on any atom is -0.481 e. The fraction of sp³-hybridized carbons (Fsp3) is 0.320. The predicted octanol–water partition coefficient (Wildman–Crippen LogP) is 4.59. The third kappa shape index (κ3) is 5.77. The molecule has 180 valence electrons. The smallest absolute Gasteiger partial charge is 0.281 e. The lowest BCUT2D eigenvalue weighted by Gasteiger charge is -2.18. The molecule has 1 aromatic carbocycles. The highest BCUT2D eigenvalue weighted by molar-refractivity contribution is 7.90. The summed E-state index contributed by atoms with van der Waals surface area (Å²) >= 11 is 0. The summed E-state index contributed by atoms with van der Waals surface area (Å²) in [6.45, 7) is 7.70. The molecule has 0 radical (unpaired) electrons. The van der Waals surface area contributed by atoms with Gasteiger partial charge in [0.2, 0.25) is 11.8 Å². The Kier molecular flexibility index (Phi) is 7.66. The van der Waals surface area contributed by atoms with E-state index >= 15 is 0 Å². The first-order chi connectivity index (χ1) is 16.0. The number of hydrogen-bond donors (Lipinski definition) is 1. The highest BCUT2D eigenvalue weighted by Crippen LogP contribution is 2.33. The zero-order valence-corrected chi connectivity index (χ0v) is 20.6. The van der Waals surface area contributed by atoms with Crippen molar-refractivity contribution in [3.63, 3.8) is 0 Å². The molecule has 3 rings (SSSR count). The van der Waals surface area contributed by atoms with Crippen molar-refractivity contribution in [1.82, 2.24) is 14.7 Å². The molecular formula is C25H28FN3O4S. The molecule has 0 saturated heterocycles. The number of amides is 1. The number of ether oxygens (including phenoxy) is 1. The second-order valence-electron chi connectivity index (χ2n) is 8.55. The molecular weight excluding hydrogens is 457 g/mol. The van der Waals surface area contributed by atoms with Crippen LogP contribution in [0.1, 0.15) is 56.2 Å². The van der Waals surface area contributed by atoms with Crippen LogP contribution in [0, 0.1) is 5.82 Å². The Labute approximate surface area is 199 Å². The van der Waals surface area contributed by atoms with Gasteiger partial charge < -0.3 is 4.74 Å². The van der Waals surface area contributed by atoms with Crippen LogP contribution in [0.3, 0.4) is 0 Å². The largest absolute Gasteiger partial charge is 0.481 e. The third-order valence-corrected chi connectivity index (χ3v) is 6.70. The van der Waals surface area contributed by atoms with Gasteiger partial charge in [-0.25, -0.2) is 19.1 Å². The van der Waals surface area contributed by atoms with E-state index in [1.54, 1.807) is 18.2 Å². The minimum atomic E-state index is -4.17. The van der Waals surface area contributed by atoms with Gasteiger partial charge in [-0.2, -0.15) is 8.42 Å². The Morgan fingerprint density at radius 3 is 2.38 bits per heavy atom. The maximum atomic E-state index is 14.5. The van der Waals surface area contributed by atoms with Crippen molar-refractivity contribution in [2.24, 2.45) is 0 Å². The van der Waals surface area contributed by atoms with E-state index in [1.165, 1.54) is 37.7 Å². The summed E-state index contributed by atoms with van der Waals surface area (Å²) in [4.78, 5) is 21.0. The summed E-state index contributed by atoms with van der Waals surface area (Å²) in [5.41, 5.74) is 3.09. The molecule has 0 aliphatic carbocycles. The van der Waals surface area contributed by atoms with E-state index in [-0.39, 0.29) is 23.3 Å². The molecule has 2 aromatic heterocycles. The number of carbonyl (C=O) groups is 1. The van der Waals surface area contributed by atoms with Crippen LogP contribution in [-0.4, -0.2) is 31.4 Å². The van der Waals surface area contributed by atoms with Crippen LogP contribution < -0.4 is 9.46 Å². The van der Waals surface area contributed by atoms with Crippen LogP contribution in [0.4, 0.5) is 4.39 Å². The predicted molar refractivity (Wildman–Crippen MR) is 128 cm³/mol. The number of aromatic nitrogens is 2. The number of pyridine rings is 2. The highest BCUT2D eigenvalue weighted by Gasteiger charge is 2.23. The molecule has 9 heteroatoms. The maximum Gasteiger partial charge on any atom is 0.281 e. The number of rotatable bonds is 8. The molecule has 0 aliphatic rings. The molecule has 7 nitrogen and oxygen atoms in total. The van der Waals surface area contributed by atoms with Gasteiger partial charge in [0.05, 0.1) is 13.5 Å². The lowest BCUT2D eigenvalue weighted by molar-refractivity contribution is -0.118. The van der Waals surface area contributed by atoms with E-state index in [0.29, 0.717) is 28.1 Å². The van der Waals surface area contributed by atoms with E-state index in [9.17, 15) is 17.6 Å². The summed E-state index contributed by atoms with van der Waals surface area (Å²) in [6.07, 6.45) is 2.74. The lowest BCUT2D eigenvalue weighted by atomic mass is 9.88. The van der Waals surface area contributed by atoms with E-state index in [4.69, 9.17) is 4.74 Å². The molecule has 1 N–H and O–H groups in total. The standard InChI is InChI=1S/C25H28FN3O4S/c1-15(2)18-6-7-25(28-14-18)34(31,32)29-23(30)13-22-20(16(3)4)11-19(26)12-21(22)17-8-9-27-24(10-17)33-5/h6-12,14-16H,13H2,1-5H3,(H,29,30). The molecule has 0 spiro atoms. The second kappa shape index (κ2) is 10.3. The van der Waals surface area contributed by atoms with Gasteiger partial charge in [-0.15, -0.1) is 0 Å². The van der Waals surface area contributed by atoms with E-state index in [2.05, 4.69) is 14.7 Å². The summed E-state index contributed by atoms with van der Waals surface area (Å²) in [5.74, 6) is -0.784. The maximum absolute atomic E-state index is 14.5. The van der Waals surface area contributed by atoms with Crippen LogP contribution in [0.15, 0.2) is 53.8 Å². The van der Waals surface area contributed by atoms with Gasteiger partial charge in [-0.1, -0.05) is 33.8 Å². The van der Waals surface area contributed by atoms with E-state index in [0.717, 1.165) is 5.56 Å². The average molecular weight is 486 g/mol. The molecule has 0 fully saturated rings. The van der Waals surface area contributed by atoms with Crippen LogP contribution in [0.25, 0.3) is 11.1 Å². The number of hydrogen-bond acceptors (Lipinski definition) is 6. The lowest BCUT2D eigenvalue weighted by Crippen LogP contribution is -2.32. The first kappa shape index (κ1) is 25.3. The molecule has 2 heterocycles. The van der Waals surface area contributed by atoms with Crippen molar-refractivity contribution in [2.45, 2.75) is 51.0 Å². The third-order valence-electron chi connectivity index (χ3n) is 5.41. The molecule has 0 aliphatic heterocycles. The van der Waals surface area contributed by atoms with Crippen molar-refractivity contribution in [2.75, 3.05) is 7.11 Å². The Balaban J connectivity index is 1.96. The molecule has 3 aromatic rings. The number of nitrogens with zero attached hydrogens (tertiary/aromatic N) is 2. The van der Waals surface area contributed by atoms with Crippen LogP contribution >= 0.6 is 0 Å². The monoisotopic (exact) mass is 485 g/mol. The number of nitrogens with one attached hydrogen (secondary N) is 1. The van der Waals surface area contributed by atoms with Crippen LogP contribution in [0.5, 0.6) is 5.88 Å². The van der Waals surface area contributed by atoms with Gasteiger partial charge in [-0.3, -0.25) is 4.79 Å². The average Bonchev–Trinajstić information content (AvgIpc) is 2.79. The van der Waals surface area contributed by atoms with Crippen molar-refractivity contribution < 1.29 is 22.3 Å². The Bertz CT molecular complexity index is 1290. The fourth-order valence-electron chi connectivity index (χ4n) is 3.61. The van der Waals surface area contributed by atoms with Gasteiger partial charge in [-0.05, 0) is 63.9 Å². The SMILES string of the molecule is COc1cc(-c2cc(F)cc(C(C)C)c2CC(=O)NS(=O)(=O)c2ccc(C(C)C)cn2)ccn1. The van der Waals surface area contributed by atoms with E-state index < -0.39 is 21.7 Å². The number of methoxy groups -OCH3 is 1. The highest BCUT2D eigenvalue weighted by atomic mass is 32.2. The zero-order chi connectivity index (χ0) is 25.0. The summed E-state index contributed by atoms with van der Waals surface area (Å²) in [5, 5.41) is -0.243. The quantitative estimate of drug-likeness (QED) is 0.501. The van der Waals surface area contributed by atoms with Crippen molar-refractivity contribution in [3.8, 4) is 17.0 Å². The van der Waals surface area contributed by atoms with Crippen molar-refractivity contribution in [3.05, 3.63) is 71.3 Å². The molecule has 1 amide bonds. The summed E-state index contributed by atoms with van der Waals surface area (Å²) in [6, 6.07) is 9.05. The Morgan fingerprint density at radius 2 is 1.79 bits per heavy atom. The number of carbonyl (C=O) groups excluding carboxylic acids is 1. The van der Waals surface area contributed by atoms with Gasteiger partial charge in [0, 0.05) is 18.5 Å². The second-order valence-corrected chi connectivity index (χ2v) is 10.2. The van der Waals surface area contributed by atoms with E-state index in [1.807, 2.05) is 27.7 Å². The number of sulfonamides is 1. The summed E-state index contributed by atoms with van der Waals surface area (Å²) < 4.78 is 47.3. The first-order valence-corrected chi connectivity index (χ1v) is 12.3. The van der Waals surface area contributed by atoms with Crippen LogP contribution in [0.2, 0.25) is 0 Å². The molecule has 34 heavy (non-hydrogen) atoms. The van der Waals surface area contributed by atoms with Gasteiger partial charge >= 0.3 is 0 Å². The normalized spacial score (nSPS) is 11.6. The fourth-order valence-corrected chi connectivity index (χ4v) is 4.52. The van der Waals surface area contributed by atoms with Gasteiger partial charge in [0.25, 0.3) is 10.0 Å². The van der Waals surface area contributed by atoms with Gasteiger partial charge in [0.1, 0.15) is 5.82 Å². The topological polar surface area (TPSA) is 98.2 Å². The zero-order valence-electron chi connectivity index (χ0n) is 19.8. The number of halogens is 1. The van der Waals surface area contributed by atoms with Crippen LogP contribution in [-0.2, 0) is 21.2 Å². The summed E-state index contributed by atoms with van der Waals surface area (Å²) in [7, 11) is -2.70. The molecule has 0 unspecified atom stereocenters.